The Morgan fingerprint density at radius 1 is 1.10 bits per heavy atom. The maximum Gasteiger partial charge on any atom is 0.168 e. The van der Waals surface area contributed by atoms with E-state index in [0.717, 1.165) is 17.9 Å². The largest absolute Gasteiger partial charge is 1.00 e. The molecule has 0 saturated heterocycles. The van der Waals surface area contributed by atoms with Gasteiger partial charge in [-0.25, -0.2) is 0 Å². The van der Waals surface area contributed by atoms with Crippen molar-refractivity contribution >= 4 is 5.78 Å². The van der Waals surface area contributed by atoms with Gasteiger partial charge in [0.05, 0.1) is 27.1 Å². The standard InChI is InChI=1S/C22H30N2O3.2ClH/c1-17(22(26)18-8-5-4-6-9-18)23-13-12-21(25)19-10-7-11-20(16-19)27-15-14-24(2)3;;/h4-11,16-17,22-23,26H,12-15H2,1-3H3;2*1H. The van der Waals surface area contributed by atoms with Gasteiger partial charge in [0.15, 0.2) is 5.78 Å². The van der Waals surface area contributed by atoms with Crippen LogP contribution in [0.25, 0.3) is 0 Å². The SMILES string of the molecule is CC([NH2+]CCC(=O)c1cccc(OCC[NH+](C)C)c1)C(O)c1ccccc1.[Cl-].[Cl-]. The Bertz CT molecular complexity index is 714. The highest BCUT2D eigenvalue weighted by Crippen LogP contribution is 2.15. The van der Waals surface area contributed by atoms with Gasteiger partial charge in [-0.1, -0.05) is 42.5 Å². The summed E-state index contributed by atoms with van der Waals surface area (Å²) in [7, 11) is 4.16. The molecule has 0 saturated carbocycles. The van der Waals surface area contributed by atoms with E-state index in [1.54, 1.807) is 0 Å². The monoisotopic (exact) mass is 442 g/mol. The van der Waals surface area contributed by atoms with Crippen LogP contribution in [0.4, 0.5) is 0 Å². The number of ether oxygens (including phenoxy) is 1. The van der Waals surface area contributed by atoms with Gasteiger partial charge in [-0.15, -0.1) is 0 Å². The van der Waals surface area contributed by atoms with Gasteiger partial charge in [0, 0.05) is 5.56 Å². The lowest BCUT2D eigenvalue weighted by Gasteiger charge is -2.17. The van der Waals surface area contributed by atoms with Crippen LogP contribution in [0.2, 0.25) is 0 Å². The van der Waals surface area contributed by atoms with Crippen LogP contribution < -0.4 is 39.8 Å². The zero-order chi connectivity index (χ0) is 19.6. The van der Waals surface area contributed by atoms with E-state index in [1.165, 1.54) is 4.90 Å². The molecule has 7 heteroatoms. The van der Waals surface area contributed by atoms with Gasteiger partial charge in [-0.05, 0) is 24.6 Å². The molecule has 4 N–H and O–H groups in total. The normalized spacial score (nSPS) is 12.4. The van der Waals surface area contributed by atoms with Gasteiger partial charge in [0.2, 0.25) is 0 Å². The number of aliphatic hydroxyl groups excluding tert-OH is 1. The number of benzene rings is 2. The highest BCUT2D eigenvalue weighted by molar-refractivity contribution is 5.96. The van der Waals surface area contributed by atoms with E-state index >= 15 is 0 Å². The molecule has 2 atom stereocenters. The summed E-state index contributed by atoms with van der Waals surface area (Å²) in [4.78, 5) is 13.8. The third-order valence-electron chi connectivity index (χ3n) is 4.58. The lowest BCUT2D eigenvalue weighted by atomic mass is 10.0. The molecule has 2 rings (SSSR count). The van der Waals surface area contributed by atoms with Crippen molar-refractivity contribution in [2.24, 2.45) is 0 Å². The number of carbonyl (C=O) groups excluding carboxylic acids is 1. The van der Waals surface area contributed by atoms with E-state index in [2.05, 4.69) is 14.1 Å². The Balaban J connectivity index is 0.00000392. The van der Waals surface area contributed by atoms with Crippen molar-refractivity contribution in [3.05, 3.63) is 65.7 Å². The van der Waals surface area contributed by atoms with Gasteiger partial charge in [0.1, 0.15) is 31.0 Å². The van der Waals surface area contributed by atoms with Crippen LogP contribution in [0, 0.1) is 0 Å². The lowest BCUT2D eigenvalue weighted by molar-refractivity contribution is -0.858. The van der Waals surface area contributed by atoms with Crippen LogP contribution in [0.1, 0.15) is 35.4 Å². The highest BCUT2D eigenvalue weighted by atomic mass is 35.5. The minimum absolute atomic E-state index is 0. The summed E-state index contributed by atoms with van der Waals surface area (Å²) in [5, 5.41) is 12.4. The molecule has 5 nitrogen and oxygen atoms in total. The van der Waals surface area contributed by atoms with E-state index in [1.807, 2.05) is 66.8 Å². The number of quaternary nitrogens is 2. The minimum atomic E-state index is -0.545. The number of likely N-dealkylation sites (N-methyl/N-ethyl adjacent to an activating group) is 1. The fourth-order valence-corrected chi connectivity index (χ4v) is 2.84. The number of halogens is 2. The fraction of sp³-hybridized carbons (Fsp3) is 0.409. The van der Waals surface area contributed by atoms with Crippen LogP contribution in [0.3, 0.4) is 0 Å². The number of rotatable bonds is 11. The predicted octanol–water partition coefficient (Wildman–Crippen LogP) is -5.52. The van der Waals surface area contributed by atoms with Gasteiger partial charge >= 0.3 is 0 Å². The van der Waals surface area contributed by atoms with Crippen molar-refractivity contribution < 1.29 is 49.7 Å². The van der Waals surface area contributed by atoms with Crippen molar-refractivity contribution in [3.8, 4) is 5.75 Å². The van der Waals surface area contributed by atoms with Crippen LogP contribution in [0.5, 0.6) is 5.75 Å². The van der Waals surface area contributed by atoms with Crippen molar-refractivity contribution in [3.63, 3.8) is 0 Å². The van der Waals surface area contributed by atoms with E-state index in [4.69, 9.17) is 4.74 Å². The van der Waals surface area contributed by atoms with Crippen molar-refractivity contribution in [2.45, 2.75) is 25.5 Å². The minimum Gasteiger partial charge on any atom is -1.00 e. The molecule has 0 bridgehead atoms. The first-order chi connectivity index (χ1) is 13.0. The molecule has 0 aromatic heterocycles. The van der Waals surface area contributed by atoms with E-state index in [-0.39, 0.29) is 36.6 Å². The number of hydrogen-bond acceptors (Lipinski definition) is 3. The molecule has 0 fully saturated rings. The lowest BCUT2D eigenvalue weighted by Crippen LogP contribution is -3.06. The van der Waals surface area contributed by atoms with Crippen LogP contribution in [0.15, 0.2) is 54.6 Å². The molecule has 0 aliphatic rings. The zero-order valence-electron chi connectivity index (χ0n) is 17.3. The van der Waals surface area contributed by atoms with Crippen LogP contribution in [-0.4, -0.2) is 50.7 Å². The molecule has 2 unspecified atom stereocenters. The molecule has 2 aromatic rings. The first-order valence-electron chi connectivity index (χ1n) is 9.59. The summed E-state index contributed by atoms with van der Waals surface area (Å²) in [6.07, 6.45) is -0.117. The Morgan fingerprint density at radius 2 is 1.79 bits per heavy atom. The first kappa shape index (κ1) is 27.4. The molecule has 0 amide bonds. The third-order valence-corrected chi connectivity index (χ3v) is 4.58. The maximum absolute atomic E-state index is 12.5. The van der Waals surface area contributed by atoms with E-state index in [0.29, 0.717) is 25.1 Å². The summed E-state index contributed by atoms with van der Waals surface area (Å²) in [6, 6.07) is 17.0. The summed E-state index contributed by atoms with van der Waals surface area (Å²) < 4.78 is 5.72. The smallest absolute Gasteiger partial charge is 0.168 e. The molecule has 0 heterocycles. The van der Waals surface area contributed by atoms with E-state index in [9.17, 15) is 9.90 Å². The van der Waals surface area contributed by atoms with Gasteiger partial charge in [-0.3, -0.25) is 4.79 Å². The van der Waals surface area contributed by atoms with Crippen LogP contribution >= 0.6 is 0 Å². The fourth-order valence-electron chi connectivity index (χ4n) is 2.84. The number of aliphatic hydroxyl groups is 1. The number of carbonyl (C=O) groups is 1. The average molecular weight is 443 g/mol. The number of ketones is 1. The Hall–Kier alpha value is -1.63. The second-order valence-corrected chi connectivity index (χ2v) is 7.25. The van der Waals surface area contributed by atoms with E-state index < -0.39 is 6.10 Å². The summed E-state index contributed by atoms with van der Waals surface area (Å²) in [5.74, 6) is 0.829. The van der Waals surface area contributed by atoms with Gasteiger partial charge < -0.3 is 44.9 Å². The van der Waals surface area contributed by atoms with Gasteiger partial charge in [-0.2, -0.15) is 0 Å². The van der Waals surface area contributed by atoms with Crippen molar-refractivity contribution in [1.29, 1.82) is 0 Å². The highest BCUT2D eigenvalue weighted by Gasteiger charge is 2.19. The molecule has 0 spiro atoms. The zero-order valence-corrected chi connectivity index (χ0v) is 18.8. The molecule has 0 radical (unpaired) electrons. The van der Waals surface area contributed by atoms with Crippen LogP contribution in [-0.2, 0) is 0 Å². The molecule has 0 aliphatic carbocycles. The second kappa shape index (κ2) is 14.4. The molecule has 29 heavy (non-hydrogen) atoms. The maximum atomic E-state index is 12.5. The Morgan fingerprint density at radius 3 is 2.45 bits per heavy atom. The number of nitrogens with one attached hydrogen (secondary N) is 1. The topological polar surface area (TPSA) is 67.6 Å². The molecular weight excluding hydrogens is 411 g/mol. The van der Waals surface area contributed by atoms with Gasteiger partial charge in [0.25, 0.3) is 0 Å². The summed E-state index contributed by atoms with van der Waals surface area (Å²) in [6.45, 7) is 4.15. The molecular formula is C22H32Cl2N2O3. The predicted molar refractivity (Wildman–Crippen MR) is 106 cm³/mol. The first-order valence-corrected chi connectivity index (χ1v) is 9.59. The van der Waals surface area contributed by atoms with Crippen molar-refractivity contribution in [2.75, 3.05) is 33.8 Å². The number of nitrogens with two attached hydrogens (primary N) is 1. The summed E-state index contributed by atoms with van der Waals surface area (Å²) >= 11 is 0. The molecule has 0 aliphatic heterocycles. The average Bonchev–Trinajstić information content (AvgIpc) is 2.68. The van der Waals surface area contributed by atoms with Crippen molar-refractivity contribution in [1.82, 2.24) is 0 Å². The number of hydrogen-bond donors (Lipinski definition) is 3. The Kier molecular flexibility index (Phi) is 13.6. The second-order valence-electron chi connectivity index (χ2n) is 7.25. The Labute approximate surface area is 186 Å². The molecule has 2 aromatic carbocycles. The number of Topliss-reactive ketones (excluding diaryl/α,β-unsaturated/α-hetero) is 1. The summed E-state index contributed by atoms with van der Waals surface area (Å²) in [5.41, 5.74) is 1.58. The molecule has 162 valence electrons. The third kappa shape index (κ3) is 9.61. The quantitative estimate of drug-likeness (QED) is 0.304.